The lowest BCUT2D eigenvalue weighted by molar-refractivity contribution is 0.202. The standard InChI is InChI=1S/C15H28N4/c1-3-12-5-4-6-14(9-12)15(18-16)8-7-13-10-17-19(2)11-13/h10-12,14-15,18H,3-9,16H2,1-2H3. The van der Waals surface area contributed by atoms with Crippen LogP contribution in [0.3, 0.4) is 0 Å². The maximum atomic E-state index is 5.79. The predicted octanol–water partition coefficient (Wildman–Crippen LogP) is 2.40. The summed E-state index contributed by atoms with van der Waals surface area (Å²) in [4.78, 5) is 0. The summed E-state index contributed by atoms with van der Waals surface area (Å²) in [5.41, 5.74) is 4.38. The van der Waals surface area contributed by atoms with Gasteiger partial charge in [0, 0.05) is 19.3 Å². The van der Waals surface area contributed by atoms with Crippen molar-refractivity contribution < 1.29 is 0 Å². The molecule has 1 heterocycles. The normalized spacial score (nSPS) is 25.4. The van der Waals surface area contributed by atoms with Crippen molar-refractivity contribution in [3.05, 3.63) is 18.0 Å². The third kappa shape index (κ3) is 4.05. The lowest BCUT2D eigenvalue weighted by Crippen LogP contribution is -2.42. The molecule has 19 heavy (non-hydrogen) atoms. The van der Waals surface area contributed by atoms with Gasteiger partial charge in [-0.15, -0.1) is 0 Å². The van der Waals surface area contributed by atoms with E-state index < -0.39 is 0 Å². The fraction of sp³-hybridized carbons (Fsp3) is 0.800. The van der Waals surface area contributed by atoms with E-state index in [1.807, 2.05) is 17.9 Å². The zero-order valence-electron chi connectivity index (χ0n) is 12.3. The van der Waals surface area contributed by atoms with Crippen LogP contribution in [0, 0.1) is 11.8 Å². The van der Waals surface area contributed by atoms with E-state index in [9.17, 15) is 0 Å². The Labute approximate surface area is 116 Å². The molecule has 0 amide bonds. The zero-order chi connectivity index (χ0) is 13.7. The van der Waals surface area contributed by atoms with Crippen molar-refractivity contribution in [3.63, 3.8) is 0 Å². The minimum Gasteiger partial charge on any atom is -0.276 e. The van der Waals surface area contributed by atoms with Crippen LogP contribution in [-0.2, 0) is 13.5 Å². The lowest BCUT2D eigenvalue weighted by Gasteiger charge is -2.34. The van der Waals surface area contributed by atoms with E-state index >= 15 is 0 Å². The van der Waals surface area contributed by atoms with Crippen LogP contribution in [0.5, 0.6) is 0 Å². The smallest absolute Gasteiger partial charge is 0.0521 e. The summed E-state index contributed by atoms with van der Waals surface area (Å²) < 4.78 is 1.87. The van der Waals surface area contributed by atoms with Crippen LogP contribution in [0.2, 0.25) is 0 Å². The molecule has 0 aliphatic heterocycles. The van der Waals surface area contributed by atoms with Gasteiger partial charge < -0.3 is 0 Å². The van der Waals surface area contributed by atoms with Gasteiger partial charge >= 0.3 is 0 Å². The highest BCUT2D eigenvalue weighted by atomic mass is 15.2. The third-order valence-corrected chi connectivity index (χ3v) is 4.69. The Hall–Kier alpha value is -0.870. The number of nitrogens with one attached hydrogen (secondary N) is 1. The van der Waals surface area contributed by atoms with E-state index in [1.54, 1.807) is 0 Å². The molecule has 4 heteroatoms. The maximum Gasteiger partial charge on any atom is 0.0521 e. The molecule has 3 N–H and O–H groups in total. The molecule has 1 aromatic heterocycles. The van der Waals surface area contributed by atoms with Crippen molar-refractivity contribution >= 4 is 0 Å². The van der Waals surface area contributed by atoms with Crippen LogP contribution in [0.25, 0.3) is 0 Å². The van der Waals surface area contributed by atoms with Crippen LogP contribution in [-0.4, -0.2) is 15.8 Å². The lowest BCUT2D eigenvalue weighted by atomic mass is 9.76. The summed E-state index contributed by atoms with van der Waals surface area (Å²) in [7, 11) is 1.97. The highest BCUT2D eigenvalue weighted by molar-refractivity contribution is 5.04. The number of hydrazine groups is 1. The molecule has 108 valence electrons. The van der Waals surface area contributed by atoms with E-state index in [-0.39, 0.29) is 0 Å². The first-order chi connectivity index (χ1) is 9.22. The molecular formula is C15H28N4. The molecule has 0 aromatic carbocycles. The molecule has 0 radical (unpaired) electrons. The topological polar surface area (TPSA) is 55.9 Å². The first-order valence-corrected chi connectivity index (χ1v) is 7.66. The summed E-state index contributed by atoms with van der Waals surface area (Å²) in [6.45, 7) is 2.31. The van der Waals surface area contributed by atoms with Gasteiger partial charge in [-0.2, -0.15) is 5.10 Å². The van der Waals surface area contributed by atoms with E-state index in [0.717, 1.165) is 24.7 Å². The monoisotopic (exact) mass is 264 g/mol. The Bertz CT molecular complexity index is 374. The molecule has 2 rings (SSSR count). The number of nitrogens with zero attached hydrogens (tertiary/aromatic N) is 2. The number of nitrogens with two attached hydrogens (primary N) is 1. The fourth-order valence-corrected chi connectivity index (χ4v) is 3.45. The molecule has 1 aliphatic rings. The van der Waals surface area contributed by atoms with Crippen molar-refractivity contribution in [2.45, 2.75) is 57.9 Å². The van der Waals surface area contributed by atoms with Crippen LogP contribution < -0.4 is 11.3 Å². The van der Waals surface area contributed by atoms with Gasteiger partial charge in [-0.1, -0.05) is 26.2 Å². The molecule has 1 aromatic rings. The molecule has 0 spiro atoms. The van der Waals surface area contributed by atoms with Gasteiger partial charge in [-0.25, -0.2) is 0 Å². The first-order valence-electron chi connectivity index (χ1n) is 7.66. The number of aryl methyl sites for hydroxylation is 2. The number of hydrogen-bond donors (Lipinski definition) is 2. The minimum atomic E-state index is 0.453. The summed E-state index contributed by atoms with van der Waals surface area (Å²) in [5.74, 6) is 7.45. The van der Waals surface area contributed by atoms with Gasteiger partial charge in [-0.05, 0) is 43.1 Å². The molecular weight excluding hydrogens is 236 g/mol. The molecule has 1 fully saturated rings. The Kier molecular flexibility index (Phi) is 5.40. The largest absolute Gasteiger partial charge is 0.276 e. The second-order valence-electron chi connectivity index (χ2n) is 6.04. The Morgan fingerprint density at radius 3 is 3.00 bits per heavy atom. The van der Waals surface area contributed by atoms with Gasteiger partial charge in [0.25, 0.3) is 0 Å². The Morgan fingerprint density at radius 1 is 1.53 bits per heavy atom. The van der Waals surface area contributed by atoms with Crippen molar-refractivity contribution in [2.24, 2.45) is 24.7 Å². The van der Waals surface area contributed by atoms with E-state index in [4.69, 9.17) is 5.84 Å². The first kappa shape index (κ1) is 14.5. The van der Waals surface area contributed by atoms with Gasteiger partial charge in [0.1, 0.15) is 0 Å². The van der Waals surface area contributed by atoms with Crippen LogP contribution in [0.1, 0.15) is 51.0 Å². The van der Waals surface area contributed by atoms with Crippen molar-refractivity contribution in [3.8, 4) is 0 Å². The molecule has 1 aliphatic carbocycles. The van der Waals surface area contributed by atoms with E-state index in [2.05, 4.69) is 23.6 Å². The minimum absolute atomic E-state index is 0.453. The highest BCUT2D eigenvalue weighted by Gasteiger charge is 2.26. The van der Waals surface area contributed by atoms with Crippen LogP contribution in [0.15, 0.2) is 12.4 Å². The van der Waals surface area contributed by atoms with Gasteiger partial charge in [0.15, 0.2) is 0 Å². The summed E-state index contributed by atoms with van der Waals surface area (Å²) in [6, 6.07) is 0.453. The second kappa shape index (κ2) is 7.06. The Balaban J connectivity index is 1.85. The van der Waals surface area contributed by atoms with E-state index in [1.165, 1.54) is 37.7 Å². The van der Waals surface area contributed by atoms with Crippen molar-refractivity contribution in [1.82, 2.24) is 15.2 Å². The van der Waals surface area contributed by atoms with Gasteiger partial charge in [0.2, 0.25) is 0 Å². The van der Waals surface area contributed by atoms with Gasteiger partial charge in [0.05, 0.1) is 6.20 Å². The quantitative estimate of drug-likeness (QED) is 0.613. The summed E-state index contributed by atoms with van der Waals surface area (Å²) >= 11 is 0. The Morgan fingerprint density at radius 2 is 2.37 bits per heavy atom. The molecule has 4 nitrogen and oxygen atoms in total. The van der Waals surface area contributed by atoms with Crippen LogP contribution >= 0.6 is 0 Å². The van der Waals surface area contributed by atoms with Gasteiger partial charge in [-0.3, -0.25) is 16.0 Å². The average molecular weight is 264 g/mol. The summed E-state index contributed by atoms with van der Waals surface area (Å²) in [6.07, 6.45) is 13.0. The third-order valence-electron chi connectivity index (χ3n) is 4.69. The molecule has 1 saturated carbocycles. The molecule has 3 atom stereocenters. The molecule has 0 saturated heterocycles. The van der Waals surface area contributed by atoms with Crippen molar-refractivity contribution in [2.75, 3.05) is 0 Å². The SMILES string of the molecule is CCC1CCCC(C(CCc2cnn(C)c2)NN)C1. The van der Waals surface area contributed by atoms with E-state index in [0.29, 0.717) is 6.04 Å². The fourth-order valence-electron chi connectivity index (χ4n) is 3.45. The van der Waals surface area contributed by atoms with Crippen molar-refractivity contribution in [1.29, 1.82) is 0 Å². The summed E-state index contributed by atoms with van der Waals surface area (Å²) in [5, 5.41) is 4.22. The second-order valence-corrected chi connectivity index (χ2v) is 6.04. The zero-order valence-corrected chi connectivity index (χ0v) is 12.3. The highest BCUT2D eigenvalue weighted by Crippen LogP contribution is 2.33. The predicted molar refractivity (Wildman–Crippen MR) is 78.4 cm³/mol. The number of aromatic nitrogens is 2. The maximum absolute atomic E-state index is 5.79. The van der Waals surface area contributed by atoms with Crippen LogP contribution in [0.4, 0.5) is 0 Å². The molecule has 3 unspecified atom stereocenters. The number of rotatable bonds is 6. The molecule has 0 bridgehead atoms. The number of hydrogen-bond acceptors (Lipinski definition) is 3. The average Bonchev–Trinajstić information content (AvgIpc) is 2.85.